The maximum Gasteiger partial charge on any atom is 0.134 e. The van der Waals surface area contributed by atoms with Crippen LogP contribution in [-0.4, -0.2) is 0 Å². The first kappa shape index (κ1) is 12.7. The summed E-state index contributed by atoms with van der Waals surface area (Å²) in [5, 5.41) is 0. The van der Waals surface area contributed by atoms with E-state index < -0.39 is 11.6 Å². The molecule has 0 spiro atoms. The quantitative estimate of drug-likeness (QED) is 0.723. The second-order valence-corrected chi connectivity index (χ2v) is 4.55. The van der Waals surface area contributed by atoms with Crippen LogP contribution in [0.1, 0.15) is 24.5 Å². The van der Waals surface area contributed by atoms with Crippen molar-refractivity contribution in [2.24, 2.45) is 0 Å². The van der Waals surface area contributed by atoms with Crippen molar-refractivity contribution in [3.8, 4) is 11.1 Å². The molecule has 0 saturated carbocycles. The van der Waals surface area contributed by atoms with Gasteiger partial charge in [0.05, 0.1) is 5.56 Å². The van der Waals surface area contributed by atoms with Crippen LogP contribution in [0, 0.1) is 18.6 Å². The summed E-state index contributed by atoms with van der Waals surface area (Å²) in [6, 6.07) is 10.1. The predicted octanol–water partition coefficient (Wildman–Crippen LogP) is 4.89. The first-order chi connectivity index (χ1) is 8.61. The van der Waals surface area contributed by atoms with E-state index in [4.69, 9.17) is 0 Å². The van der Waals surface area contributed by atoms with Gasteiger partial charge >= 0.3 is 0 Å². The Hall–Kier alpha value is -1.70. The Labute approximate surface area is 106 Å². The second-order valence-electron chi connectivity index (χ2n) is 4.55. The van der Waals surface area contributed by atoms with E-state index in [2.05, 4.69) is 0 Å². The lowest BCUT2D eigenvalue weighted by Gasteiger charge is -2.08. The molecule has 0 amide bonds. The van der Waals surface area contributed by atoms with Crippen molar-refractivity contribution in [3.05, 3.63) is 59.2 Å². The van der Waals surface area contributed by atoms with Crippen molar-refractivity contribution in [1.29, 1.82) is 0 Å². The van der Waals surface area contributed by atoms with Gasteiger partial charge in [-0.05, 0) is 36.6 Å². The van der Waals surface area contributed by atoms with Crippen LogP contribution in [0.3, 0.4) is 0 Å². The van der Waals surface area contributed by atoms with Gasteiger partial charge in [0.15, 0.2) is 0 Å². The van der Waals surface area contributed by atoms with Crippen molar-refractivity contribution in [1.82, 2.24) is 0 Å². The highest BCUT2D eigenvalue weighted by atomic mass is 19.1. The lowest BCUT2D eigenvalue weighted by atomic mass is 10.00. The second kappa shape index (κ2) is 5.30. The van der Waals surface area contributed by atoms with Gasteiger partial charge in [-0.3, -0.25) is 0 Å². The number of rotatable bonds is 3. The summed E-state index contributed by atoms with van der Waals surface area (Å²) in [5.41, 5.74) is 2.43. The Morgan fingerprint density at radius 3 is 2.00 bits per heavy atom. The highest BCUT2D eigenvalue weighted by molar-refractivity contribution is 5.65. The van der Waals surface area contributed by atoms with Gasteiger partial charge in [-0.15, -0.1) is 0 Å². The first-order valence-electron chi connectivity index (χ1n) is 6.16. The molecular weight excluding hydrogens is 230 g/mol. The van der Waals surface area contributed by atoms with Crippen molar-refractivity contribution < 1.29 is 8.78 Å². The summed E-state index contributed by atoms with van der Waals surface area (Å²) >= 11 is 0. The van der Waals surface area contributed by atoms with Gasteiger partial charge < -0.3 is 0 Å². The molecular formula is C16H16F2. The van der Waals surface area contributed by atoms with Crippen LogP contribution in [-0.2, 0) is 6.42 Å². The highest BCUT2D eigenvalue weighted by Crippen LogP contribution is 2.27. The molecule has 0 aromatic heterocycles. The molecule has 0 radical (unpaired) electrons. The molecule has 0 heterocycles. The third kappa shape index (κ3) is 2.58. The minimum atomic E-state index is -0.484. The lowest BCUT2D eigenvalue weighted by Crippen LogP contribution is -1.94. The van der Waals surface area contributed by atoms with Crippen molar-refractivity contribution in [3.63, 3.8) is 0 Å². The summed E-state index contributed by atoms with van der Waals surface area (Å²) in [6.07, 6.45) is 1.57. The summed E-state index contributed by atoms with van der Waals surface area (Å²) in [4.78, 5) is 0. The molecule has 0 aliphatic heterocycles. The Bertz CT molecular complexity index is 519. The van der Waals surface area contributed by atoms with Crippen molar-refractivity contribution >= 4 is 0 Å². The van der Waals surface area contributed by atoms with E-state index in [1.807, 2.05) is 26.0 Å². The molecule has 2 aromatic rings. The predicted molar refractivity (Wildman–Crippen MR) is 70.5 cm³/mol. The summed E-state index contributed by atoms with van der Waals surface area (Å²) in [7, 11) is 0. The molecule has 0 aliphatic carbocycles. The zero-order valence-electron chi connectivity index (χ0n) is 10.6. The molecule has 0 N–H and O–H groups in total. The third-order valence-electron chi connectivity index (χ3n) is 2.98. The molecule has 18 heavy (non-hydrogen) atoms. The topological polar surface area (TPSA) is 0 Å². The third-order valence-corrected chi connectivity index (χ3v) is 2.98. The van der Waals surface area contributed by atoms with E-state index in [0.717, 1.165) is 12.0 Å². The SMILES string of the molecule is CCCc1cc(F)c(-c2ccc(C)cc2)c(F)c1. The molecule has 0 nitrogen and oxygen atoms in total. The number of aryl methyl sites for hydroxylation is 2. The van der Waals surface area contributed by atoms with Crippen LogP contribution in [0.4, 0.5) is 8.78 Å². The van der Waals surface area contributed by atoms with E-state index in [-0.39, 0.29) is 5.56 Å². The average Bonchev–Trinajstić information content (AvgIpc) is 2.31. The standard InChI is InChI=1S/C16H16F2/c1-3-4-12-9-14(17)16(15(18)10-12)13-7-5-11(2)6-8-13/h5-10H,3-4H2,1-2H3. The fourth-order valence-corrected chi connectivity index (χ4v) is 2.05. The number of benzene rings is 2. The van der Waals surface area contributed by atoms with Gasteiger partial charge in [0.2, 0.25) is 0 Å². The highest BCUT2D eigenvalue weighted by Gasteiger charge is 2.12. The molecule has 0 unspecified atom stereocenters. The Morgan fingerprint density at radius 2 is 1.50 bits per heavy atom. The zero-order chi connectivity index (χ0) is 13.1. The van der Waals surface area contributed by atoms with Crippen molar-refractivity contribution in [2.45, 2.75) is 26.7 Å². The van der Waals surface area contributed by atoms with Gasteiger partial charge in [-0.25, -0.2) is 8.78 Å². The Kier molecular flexibility index (Phi) is 3.75. The fourth-order valence-electron chi connectivity index (χ4n) is 2.05. The largest absolute Gasteiger partial charge is 0.206 e. The minimum Gasteiger partial charge on any atom is -0.206 e. The van der Waals surface area contributed by atoms with E-state index in [0.29, 0.717) is 17.5 Å². The number of halogens is 2. The molecule has 2 aromatic carbocycles. The lowest BCUT2D eigenvalue weighted by molar-refractivity contribution is 0.585. The molecule has 0 aliphatic rings. The molecule has 2 rings (SSSR count). The fraction of sp³-hybridized carbons (Fsp3) is 0.250. The van der Waals surface area contributed by atoms with Crippen LogP contribution in [0.15, 0.2) is 36.4 Å². The molecule has 0 atom stereocenters. The molecule has 0 bridgehead atoms. The van der Waals surface area contributed by atoms with E-state index in [9.17, 15) is 8.78 Å². The van der Waals surface area contributed by atoms with E-state index in [1.165, 1.54) is 12.1 Å². The molecule has 0 fully saturated rings. The average molecular weight is 246 g/mol. The monoisotopic (exact) mass is 246 g/mol. The van der Waals surface area contributed by atoms with E-state index in [1.54, 1.807) is 12.1 Å². The van der Waals surface area contributed by atoms with Gasteiger partial charge in [0.25, 0.3) is 0 Å². The van der Waals surface area contributed by atoms with Gasteiger partial charge in [0, 0.05) is 0 Å². The maximum absolute atomic E-state index is 14.0. The number of hydrogen-bond acceptors (Lipinski definition) is 0. The number of hydrogen-bond donors (Lipinski definition) is 0. The summed E-state index contributed by atoms with van der Waals surface area (Å²) < 4.78 is 28.0. The van der Waals surface area contributed by atoms with E-state index >= 15 is 0 Å². The molecule has 94 valence electrons. The first-order valence-corrected chi connectivity index (χ1v) is 6.16. The summed E-state index contributed by atoms with van der Waals surface area (Å²) in [5.74, 6) is -0.968. The smallest absolute Gasteiger partial charge is 0.134 e. The van der Waals surface area contributed by atoms with Crippen molar-refractivity contribution in [2.75, 3.05) is 0 Å². The molecule has 2 heteroatoms. The minimum absolute atomic E-state index is 0.0647. The van der Waals surface area contributed by atoms with Crippen LogP contribution < -0.4 is 0 Å². The van der Waals surface area contributed by atoms with Crippen LogP contribution >= 0.6 is 0 Å². The van der Waals surface area contributed by atoms with Crippen LogP contribution in [0.25, 0.3) is 11.1 Å². The van der Waals surface area contributed by atoms with Gasteiger partial charge in [-0.1, -0.05) is 43.2 Å². The Balaban J connectivity index is 2.48. The van der Waals surface area contributed by atoms with Gasteiger partial charge in [0.1, 0.15) is 11.6 Å². The van der Waals surface area contributed by atoms with Crippen LogP contribution in [0.2, 0.25) is 0 Å². The van der Waals surface area contributed by atoms with Crippen LogP contribution in [0.5, 0.6) is 0 Å². The zero-order valence-corrected chi connectivity index (χ0v) is 10.6. The summed E-state index contributed by atoms with van der Waals surface area (Å²) in [6.45, 7) is 3.94. The molecule has 0 saturated heterocycles. The Morgan fingerprint density at radius 1 is 0.944 bits per heavy atom. The normalized spacial score (nSPS) is 10.7. The van der Waals surface area contributed by atoms with Gasteiger partial charge in [-0.2, -0.15) is 0 Å². The maximum atomic E-state index is 14.0.